The van der Waals surface area contributed by atoms with Crippen LogP contribution < -0.4 is 9.80 Å². The van der Waals surface area contributed by atoms with E-state index in [1.807, 2.05) is 4.90 Å². The number of fused-ring (bicyclic) bond motifs is 1. The van der Waals surface area contributed by atoms with Gasteiger partial charge in [-0.2, -0.15) is 26.3 Å². The number of aliphatic hydroxyl groups is 1. The molecule has 0 unspecified atom stereocenters. The molecule has 2 atom stereocenters. The lowest BCUT2D eigenvalue weighted by atomic mass is 9.81. The molecule has 1 amide bonds. The number of alkyl halides is 6. The van der Waals surface area contributed by atoms with Gasteiger partial charge in [-0.25, -0.2) is 9.37 Å². The molecule has 2 aliphatic rings. The number of hydrogen-bond donors (Lipinski definition) is 1. The van der Waals surface area contributed by atoms with Crippen LogP contribution in [0.5, 0.6) is 0 Å². The topological polar surface area (TPSA) is 59.9 Å². The summed E-state index contributed by atoms with van der Waals surface area (Å²) in [6.07, 6.45) is -6.83. The van der Waals surface area contributed by atoms with Crippen LogP contribution in [0, 0.1) is 5.82 Å². The van der Waals surface area contributed by atoms with Crippen LogP contribution >= 0.6 is 24.0 Å². The Kier molecular flexibility index (Phi) is 10.5. The highest BCUT2D eigenvalue weighted by Gasteiger charge is 2.42. The van der Waals surface area contributed by atoms with Crippen LogP contribution in [0.2, 0.25) is 5.02 Å². The molecule has 0 aliphatic carbocycles. The van der Waals surface area contributed by atoms with Crippen LogP contribution in [0.3, 0.4) is 0 Å². The summed E-state index contributed by atoms with van der Waals surface area (Å²) in [5.41, 5.74) is -4.65. The Morgan fingerprint density at radius 3 is 2.17 bits per heavy atom. The van der Waals surface area contributed by atoms with E-state index in [0.29, 0.717) is 42.2 Å². The summed E-state index contributed by atoms with van der Waals surface area (Å²) in [6.45, 7) is 4.44. The largest absolute Gasteiger partial charge is 0.416 e. The van der Waals surface area contributed by atoms with Gasteiger partial charge in [0.05, 0.1) is 46.1 Å². The maximum atomic E-state index is 14.1. The van der Waals surface area contributed by atoms with Crippen molar-refractivity contribution in [3.05, 3.63) is 76.2 Å². The summed E-state index contributed by atoms with van der Waals surface area (Å²) < 4.78 is 95.9. The summed E-state index contributed by atoms with van der Waals surface area (Å²) in [5, 5.41) is 10.2. The summed E-state index contributed by atoms with van der Waals surface area (Å²) in [5.74, 6) is -0.989. The van der Waals surface area contributed by atoms with Crippen LogP contribution in [0.15, 0.2) is 48.7 Å². The molecule has 0 saturated carbocycles. The maximum absolute atomic E-state index is 14.1. The highest BCUT2D eigenvalue weighted by Crippen LogP contribution is 2.42. The van der Waals surface area contributed by atoms with Gasteiger partial charge < -0.3 is 14.9 Å². The van der Waals surface area contributed by atoms with E-state index in [1.165, 1.54) is 39.2 Å². The normalized spacial score (nSPS) is 18.9. The monoisotopic (exact) mass is 708 g/mol. The molecule has 2 saturated heterocycles. The number of halogens is 9. The van der Waals surface area contributed by atoms with Gasteiger partial charge in [-0.05, 0) is 81.3 Å². The molecular weight excluding hydrogens is 676 g/mol. The van der Waals surface area contributed by atoms with Gasteiger partial charge in [0.1, 0.15) is 11.6 Å². The average molecular weight is 710 g/mol. The molecule has 1 aromatic heterocycles. The Balaban J connectivity index is 0.00000500. The molecule has 47 heavy (non-hydrogen) atoms. The Morgan fingerprint density at radius 2 is 1.60 bits per heavy atom. The summed E-state index contributed by atoms with van der Waals surface area (Å²) >= 11 is 6.46. The first-order valence-corrected chi connectivity index (χ1v) is 14.9. The van der Waals surface area contributed by atoms with Crippen molar-refractivity contribution in [1.29, 1.82) is 0 Å². The minimum atomic E-state index is -5.09. The van der Waals surface area contributed by atoms with E-state index in [9.17, 15) is 40.6 Å². The Morgan fingerprint density at radius 1 is 0.979 bits per heavy atom. The summed E-state index contributed by atoms with van der Waals surface area (Å²) in [7, 11) is 1.33. The number of aliphatic hydroxyl groups excluding tert-OH is 1. The lowest BCUT2D eigenvalue weighted by molar-refractivity contribution is -0.143. The van der Waals surface area contributed by atoms with Crippen molar-refractivity contribution < 1.29 is 40.6 Å². The number of pyridine rings is 1. The number of likely N-dealkylation sites (N-methyl/N-ethyl adjacent to an activating group) is 1. The predicted molar refractivity (Wildman–Crippen MR) is 168 cm³/mol. The quantitative estimate of drug-likeness (QED) is 0.268. The molecule has 15 heteroatoms. The number of carbonyl (C=O) groups is 1. The van der Waals surface area contributed by atoms with Crippen molar-refractivity contribution >= 4 is 41.4 Å². The van der Waals surface area contributed by atoms with Crippen LogP contribution in [0.1, 0.15) is 43.4 Å². The number of nitrogens with zero attached hydrogens (tertiary/aromatic N) is 4. The predicted octanol–water partition coefficient (Wildman–Crippen LogP) is 7.59. The molecule has 1 N–H and O–H groups in total. The molecule has 2 fully saturated rings. The van der Waals surface area contributed by atoms with Crippen molar-refractivity contribution in [2.24, 2.45) is 0 Å². The van der Waals surface area contributed by atoms with Crippen molar-refractivity contribution in [2.45, 2.75) is 56.5 Å². The fraction of sp³-hybridized carbons (Fsp3) is 0.438. The zero-order chi connectivity index (χ0) is 33.8. The van der Waals surface area contributed by atoms with Gasteiger partial charge in [0, 0.05) is 37.3 Å². The molecule has 0 bridgehead atoms. The number of hydrogen-bond acceptors (Lipinski definition) is 5. The van der Waals surface area contributed by atoms with E-state index in [4.69, 9.17) is 11.6 Å². The second-order valence-corrected chi connectivity index (χ2v) is 12.7. The number of carbonyl (C=O) groups excluding carboxylic acids is 1. The van der Waals surface area contributed by atoms with Crippen LogP contribution in [0.4, 0.5) is 42.2 Å². The molecule has 0 spiro atoms. The van der Waals surface area contributed by atoms with Crippen molar-refractivity contribution in [3.8, 4) is 11.1 Å². The van der Waals surface area contributed by atoms with Gasteiger partial charge in [-0.3, -0.25) is 9.69 Å². The van der Waals surface area contributed by atoms with Gasteiger partial charge >= 0.3 is 12.4 Å². The Labute approximate surface area is 278 Å². The highest BCUT2D eigenvalue weighted by molar-refractivity contribution is 6.33. The number of rotatable bonds is 6. The molecule has 0 radical (unpaired) electrons. The molecule has 6 nitrogen and oxygen atoms in total. The zero-order valence-electron chi connectivity index (χ0n) is 25.6. The van der Waals surface area contributed by atoms with E-state index >= 15 is 0 Å². The van der Waals surface area contributed by atoms with Crippen LogP contribution in [-0.4, -0.2) is 66.3 Å². The Hall–Kier alpha value is -3.13. The second-order valence-electron chi connectivity index (χ2n) is 12.2. The van der Waals surface area contributed by atoms with E-state index in [1.54, 1.807) is 6.07 Å². The summed E-state index contributed by atoms with van der Waals surface area (Å²) in [6, 6.07) is 6.36. The molecule has 256 valence electrons. The lowest BCUT2D eigenvalue weighted by Gasteiger charge is -2.44. The van der Waals surface area contributed by atoms with E-state index in [2.05, 4.69) is 9.88 Å². The first-order chi connectivity index (χ1) is 21.4. The lowest BCUT2D eigenvalue weighted by Crippen LogP contribution is -2.57. The third kappa shape index (κ3) is 7.33. The minimum absolute atomic E-state index is 0. The molecule has 5 rings (SSSR count). The first-order valence-electron chi connectivity index (χ1n) is 14.6. The second kappa shape index (κ2) is 13.4. The van der Waals surface area contributed by atoms with Crippen LogP contribution in [0.25, 0.3) is 11.1 Å². The van der Waals surface area contributed by atoms with Gasteiger partial charge in [-0.15, -0.1) is 12.4 Å². The van der Waals surface area contributed by atoms with E-state index in [-0.39, 0.29) is 47.9 Å². The van der Waals surface area contributed by atoms with Gasteiger partial charge in [0.15, 0.2) is 0 Å². The fourth-order valence-electron chi connectivity index (χ4n) is 6.28. The van der Waals surface area contributed by atoms with Crippen molar-refractivity contribution in [3.63, 3.8) is 0 Å². The summed E-state index contributed by atoms with van der Waals surface area (Å²) in [4.78, 5) is 24.0. The zero-order valence-corrected chi connectivity index (χ0v) is 27.2. The standard InChI is InChI=1S/C32H32ClF7N4O2.ClH/c1-30(2,18-9-19(31(35,36)37)11-20(10-18)32(38,39)40)29(46)42(3)27-14-41-28(13-25(27)24-7-6-21(34)12-26(24)33)44-16-22-5-4-8-43(22)15-23(44)17-45;/h6-7,9-14,22-23,45H,4-5,8,15-17H2,1-3H3;1H/t22-,23+;/m0./s1. The highest BCUT2D eigenvalue weighted by atomic mass is 35.5. The Bertz CT molecular complexity index is 1600. The molecule has 3 aromatic rings. The third-order valence-corrected chi connectivity index (χ3v) is 9.21. The number of benzene rings is 2. The fourth-order valence-corrected chi connectivity index (χ4v) is 6.55. The smallest absolute Gasteiger partial charge is 0.394 e. The van der Waals surface area contributed by atoms with Gasteiger partial charge in [-0.1, -0.05) is 11.6 Å². The maximum Gasteiger partial charge on any atom is 0.416 e. The van der Waals surface area contributed by atoms with Gasteiger partial charge in [0.25, 0.3) is 0 Å². The average Bonchev–Trinajstić information content (AvgIpc) is 3.46. The first kappa shape index (κ1) is 36.7. The number of anilines is 2. The van der Waals surface area contributed by atoms with Crippen molar-refractivity contribution in [1.82, 2.24) is 9.88 Å². The van der Waals surface area contributed by atoms with Crippen molar-refractivity contribution in [2.75, 3.05) is 43.1 Å². The number of amides is 1. The molecule has 2 aliphatic heterocycles. The molecular formula is C32H33Cl2F7N4O2. The minimum Gasteiger partial charge on any atom is -0.394 e. The van der Waals surface area contributed by atoms with Gasteiger partial charge in [0.2, 0.25) is 5.91 Å². The molecule has 3 heterocycles. The van der Waals surface area contributed by atoms with Crippen LogP contribution in [-0.2, 0) is 22.6 Å². The third-order valence-electron chi connectivity index (χ3n) is 8.90. The SMILES string of the molecule is CN(C(=O)C(C)(C)c1cc(C(F)(F)F)cc(C(F)(F)F)c1)c1cnc(N2C[C@@H]3CCCN3C[C@@H]2CO)cc1-c1ccc(F)cc1Cl.Cl. The van der Waals surface area contributed by atoms with E-state index < -0.39 is 46.2 Å². The number of piperazine rings is 1. The van der Waals surface area contributed by atoms with E-state index in [0.717, 1.165) is 30.4 Å². The molecule has 2 aromatic carbocycles. The number of aromatic nitrogens is 1.